The van der Waals surface area contributed by atoms with Crippen LogP contribution in [0.25, 0.3) is 16.9 Å². The average Bonchev–Trinajstić information content (AvgIpc) is 3.21. The second-order valence-corrected chi connectivity index (χ2v) is 7.43. The van der Waals surface area contributed by atoms with E-state index in [1.54, 1.807) is 16.8 Å². The summed E-state index contributed by atoms with van der Waals surface area (Å²) >= 11 is 0. The van der Waals surface area contributed by atoms with Gasteiger partial charge in [0.25, 0.3) is 11.6 Å². The van der Waals surface area contributed by atoms with E-state index in [4.69, 9.17) is 4.42 Å². The minimum Gasteiger partial charge on any atom is -0.423 e. The SMILES string of the molecule is Cc1cc(C)n(-c2ccc(=O)n(CC3CN(c4nc5cc(F)ccc5o4)C3)n2)n1. The molecular weight excluding hydrogens is 375 g/mol. The Bertz CT molecular complexity index is 1270. The predicted molar refractivity (Wildman–Crippen MR) is 105 cm³/mol. The number of halogens is 1. The van der Waals surface area contributed by atoms with Gasteiger partial charge in [-0.3, -0.25) is 4.79 Å². The molecular formula is C20H19FN6O2. The number of fused-ring (bicyclic) bond motifs is 1. The van der Waals surface area contributed by atoms with E-state index in [2.05, 4.69) is 15.2 Å². The smallest absolute Gasteiger partial charge is 0.298 e. The van der Waals surface area contributed by atoms with Gasteiger partial charge in [0, 0.05) is 36.8 Å². The lowest BCUT2D eigenvalue weighted by atomic mass is 10.0. The maximum absolute atomic E-state index is 13.3. The van der Waals surface area contributed by atoms with Crippen molar-refractivity contribution in [3.05, 3.63) is 64.0 Å². The van der Waals surface area contributed by atoms with E-state index >= 15 is 0 Å². The molecule has 4 heterocycles. The lowest BCUT2D eigenvalue weighted by Gasteiger charge is -2.37. The molecule has 0 radical (unpaired) electrons. The third-order valence-corrected chi connectivity index (χ3v) is 5.08. The summed E-state index contributed by atoms with van der Waals surface area (Å²) < 4.78 is 22.2. The predicted octanol–water partition coefficient (Wildman–Crippen LogP) is 2.46. The van der Waals surface area contributed by atoms with Crippen LogP contribution in [0.15, 0.2) is 45.6 Å². The Hall–Kier alpha value is -3.49. The van der Waals surface area contributed by atoms with Crippen molar-refractivity contribution in [3.63, 3.8) is 0 Å². The monoisotopic (exact) mass is 394 g/mol. The summed E-state index contributed by atoms with van der Waals surface area (Å²) in [6.45, 7) is 5.74. The van der Waals surface area contributed by atoms with Gasteiger partial charge in [0.15, 0.2) is 11.4 Å². The maximum Gasteiger partial charge on any atom is 0.298 e. The van der Waals surface area contributed by atoms with Crippen molar-refractivity contribution in [2.45, 2.75) is 20.4 Å². The number of aryl methyl sites for hydroxylation is 2. The summed E-state index contributed by atoms with van der Waals surface area (Å²) in [6.07, 6.45) is 0. The number of benzene rings is 1. The molecule has 0 amide bonds. The van der Waals surface area contributed by atoms with Gasteiger partial charge in [-0.05, 0) is 38.1 Å². The number of aromatic nitrogens is 5. The van der Waals surface area contributed by atoms with Crippen LogP contribution in [-0.2, 0) is 6.54 Å². The molecule has 0 atom stereocenters. The fourth-order valence-corrected chi connectivity index (χ4v) is 3.65. The molecule has 1 aliphatic heterocycles. The van der Waals surface area contributed by atoms with Crippen LogP contribution < -0.4 is 10.5 Å². The third kappa shape index (κ3) is 3.18. The molecule has 9 heteroatoms. The second kappa shape index (κ2) is 6.54. The summed E-state index contributed by atoms with van der Waals surface area (Å²) in [7, 11) is 0. The minimum atomic E-state index is -0.341. The molecule has 0 spiro atoms. The lowest BCUT2D eigenvalue weighted by Crippen LogP contribution is -2.50. The first-order valence-electron chi connectivity index (χ1n) is 9.39. The number of nitrogens with zero attached hydrogens (tertiary/aromatic N) is 6. The van der Waals surface area contributed by atoms with Gasteiger partial charge in [-0.1, -0.05) is 0 Å². The van der Waals surface area contributed by atoms with Crippen LogP contribution in [0.5, 0.6) is 0 Å². The van der Waals surface area contributed by atoms with E-state index < -0.39 is 0 Å². The molecule has 5 rings (SSSR count). The third-order valence-electron chi connectivity index (χ3n) is 5.08. The van der Waals surface area contributed by atoms with Crippen molar-refractivity contribution in [1.29, 1.82) is 0 Å². The Morgan fingerprint density at radius 2 is 1.97 bits per heavy atom. The van der Waals surface area contributed by atoms with Gasteiger partial charge >= 0.3 is 0 Å². The maximum atomic E-state index is 13.3. The van der Waals surface area contributed by atoms with Crippen molar-refractivity contribution in [2.75, 3.05) is 18.0 Å². The van der Waals surface area contributed by atoms with Crippen molar-refractivity contribution in [1.82, 2.24) is 24.5 Å². The summed E-state index contributed by atoms with van der Waals surface area (Å²) in [4.78, 5) is 18.6. The molecule has 0 aliphatic carbocycles. The number of hydrogen-bond acceptors (Lipinski definition) is 6. The minimum absolute atomic E-state index is 0.147. The zero-order valence-corrected chi connectivity index (χ0v) is 16.0. The van der Waals surface area contributed by atoms with Gasteiger partial charge in [-0.25, -0.2) is 13.8 Å². The van der Waals surface area contributed by atoms with Gasteiger partial charge in [-0.2, -0.15) is 10.1 Å². The van der Waals surface area contributed by atoms with Gasteiger partial charge in [0.2, 0.25) is 0 Å². The van der Waals surface area contributed by atoms with Crippen molar-refractivity contribution < 1.29 is 8.81 Å². The van der Waals surface area contributed by atoms with Crippen LogP contribution >= 0.6 is 0 Å². The van der Waals surface area contributed by atoms with E-state index in [0.29, 0.717) is 42.6 Å². The van der Waals surface area contributed by atoms with Crippen LogP contribution in [0.3, 0.4) is 0 Å². The molecule has 3 aromatic heterocycles. The highest BCUT2D eigenvalue weighted by Crippen LogP contribution is 2.28. The van der Waals surface area contributed by atoms with Gasteiger partial charge in [0.1, 0.15) is 11.3 Å². The van der Waals surface area contributed by atoms with Crippen LogP contribution in [0, 0.1) is 25.6 Å². The molecule has 0 N–H and O–H groups in total. The summed E-state index contributed by atoms with van der Waals surface area (Å²) in [6, 6.07) is 9.92. The summed E-state index contributed by atoms with van der Waals surface area (Å²) in [5, 5.41) is 8.91. The molecule has 8 nitrogen and oxygen atoms in total. The largest absolute Gasteiger partial charge is 0.423 e. The molecule has 148 valence electrons. The standard InChI is InChI=1S/C20H19FN6O2/c1-12-7-13(2)27(23-12)18-5-6-19(28)26(24-18)11-14-9-25(10-14)20-22-16-8-15(21)3-4-17(16)29-20/h3-8,14H,9-11H2,1-2H3. The quantitative estimate of drug-likeness (QED) is 0.529. The van der Waals surface area contributed by atoms with Crippen molar-refractivity contribution >= 4 is 17.1 Å². The Labute approximate surface area is 165 Å². The first-order chi connectivity index (χ1) is 14.0. The molecule has 0 unspecified atom stereocenters. The van der Waals surface area contributed by atoms with Crippen LogP contribution in [-0.4, -0.2) is 37.6 Å². The fourth-order valence-electron chi connectivity index (χ4n) is 3.65. The highest BCUT2D eigenvalue weighted by molar-refractivity contribution is 5.74. The zero-order valence-electron chi connectivity index (χ0n) is 16.0. The molecule has 1 saturated heterocycles. The van der Waals surface area contributed by atoms with E-state index in [1.807, 2.05) is 24.8 Å². The topological polar surface area (TPSA) is 82.0 Å². The van der Waals surface area contributed by atoms with E-state index in [9.17, 15) is 9.18 Å². The number of rotatable bonds is 4. The molecule has 29 heavy (non-hydrogen) atoms. The Kier molecular flexibility index (Phi) is 3.97. The first-order valence-corrected chi connectivity index (χ1v) is 9.39. The highest BCUT2D eigenvalue weighted by Gasteiger charge is 2.31. The molecule has 1 aromatic carbocycles. The van der Waals surface area contributed by atoms with Crippen molar-refractivity contribution in [2.24, 2.45) is 5.92 Å². The zero-order chi connectivity index (χ0) is 20.1. The first kappa shape index (κ1) is 17.6. The van der Waals surface area contributed by atoms with Gasteiger partial charge < -0.3 is 9.32 Å². The van der Waals surface area contributed by atoms with E-state index in [1.165, 1.54) is 22.9 Å². The Morgan fingerprint density at radius 3 is 2.72 bits per heavy atom. The highest BCUT2D eigenvalue weighted by atomic mass is 19.1. The molecule has 4 aromatic rings. The Balaban J connectivity index is 1.31. The van der Waals surface area contributed by atoms with Crippen LogP contribution in [0.4, 0.5) is 10.4 Å². The number of anilines is 1. The van der Waals surface area contributed by atoms with E-state index in [0.717, 1.165) is 11.4 Å². The normalized spacial score (nSPS) is 14.5. The molecule has 1 fully saturated rings. The molecule has 0 bridgehead atoms. The van der Waals surface area contributed by atoms with Crippen LogP contribution in [0.1, 0.15) is 11.4 Å². The van der Waals surface area contributed by atoms with E-state index in [-0.39, 0.29) is 17.3 Å². The average molecular weight is 394 g/mol. The number of hydrogen-bond donors (Lipinski definition) is 0. The lowest BCUT2D eigenvalue weighted by molar-refractivity contribution is 0.318. The second-order valence-electron chi connectivity index (χ2n) is 7.43. The van der Waals surface area contributed by atoms with Crippen molar-refractivity contribution in [3.8, 4) is 5.82 Å². The summed E-state index contributed by atoms with van der Waals surface area (Å²) in [5.74, 6) is 0.516. The summed E-state index contributed by atoms with van der Waals surface area (Å²) in [5.41, 5.74) is 2.77. The van der Waals surface area contributed by atoms with Crippen LogP contribution in [0.2, 0.25) is 0 Å². The van der Waals surface area contributed by atoms with Gasteiger partial charge in [-0.15, -0.1) is 5.10 Å². The number of oxazole rings is 1. The molecule has 1 aliphatic rings. The fraction of sp³-hybridized carbons (Fsp3) is 0.300. The van der Waals surface area contributed by atoms with Gasteiger partial charge in [0.05, 0.1) is 12.2 Å². The Morgan fingerprint density at radius 1 is 1.14 bits per heavy atom. The molecule has 0 saturated carbocycles.